The predicted molar refractivity (Wildman–Crippen MR) is 63.2 cm³/mol. The second-order valence-corrected chi connectivity index (χ2v) is 3.86. The van der Waals surface area contributed by atoms with Crippen LogP contribution in [0.5, 0.6) is 0 Å². The van der Waals surface area contributed by atoms with Gasteiger partial charge < -0.3 is 9.47 Å². The van der Waals surface area contributed by atoms with Crippen LogP contribution in [0.3, 0.4) is 0 Å². The van der Waals surface area contributed by atoms with E-state index in [4.69, 9.17) is 9.47 Å². The number of allylic oxidation sites excluding steroid dienone is 2. The summed E-state index contributed by atoms with van der Waals surface area (Å²) in [6.07, 6.45) is 8.14. The van der Waals surface area contributed by atoms with Gasteiger partial charge in [0.2, 0.25) is 6.29 Å². The quantitative estimate of drug-likeness (QED) is 0.418. The van der Waals surface area contributed by atoms with Gasteiger partial charge in [0.1, 0.15) is 6.10 Å². The largest absolute Gasteiger partial charge is 0.432 e. The fraction of sp³-hybridized carbons (Fsp3) is 0.538. The molecule has 4 nitrogen and oxygen atoms in total. The molecule has 0 amide bonds. The Balaban J connectivity index is 2.41. The van der Waals surface area contributed by atoms with E-state index >= 15 is 0 Å². The van der Waals surface area contributed by atoms with Gasteiger partial charge in [0.25, 0.3) is 0 Å². The van der Waals surface area contributed by atoms with Gasteiger partial charge in [0, 0.05) is 6.92 Å². The summed E-state index contributed by atoms with van der Waals surface area (Å²) in [6.45, 7) is 3.27. The fourth-order valence-corrected chi connectivity index (χ4v) is 1.58. The second kappa shape index (κ2) is 7.01. The summed E-state index contributed by atoms with van der Waals surface area (Å²) in [5.41, 5.74) is 0. The maximum absolute atomic E-state index is 11.5. The number of hydrogen-bond acceptors (Lipinski definition) is 4. The molecule has 0 fully saturated rings. The third-order valence-corrected chi connectivity index (χ3v) is 2.39. The Labute approximate surface area is 101 Å². The summed E-state index contributed by atoms with van der Waals surface area (Å²) in [6, 6.07) is 0. The molecule has 1 heterocycles. The summed E-state index contributed by atoms with van der Waals surface area (Å²) in [5, 5.41) is 0. The van der Waals surface area contributed by atoms with E-state index in [1.165, 1.54) is 19.1 Å². The van der Waals surface area contributed by atoms with Crippen molar-refractivity contribution in [3.63, 3.8) is 0 Å². The Morgan fingerprint density at radius 3 is 3.00 bits per heavy atom. The molecule has 0 aromatic heterocycles. The highest BCUT2D eigenvalue weighted by Crippen LogP contribution is 2.16. The molecule has 94 valence electrons. The van der Waals surface area contributed by atoms with Crippen LogP contribution >= 0.6 is 0 Å². The SMILES string of the molecule is C/C=C/CCC[C@@H]1OC(OC(C)=O)C=CC1=O. The molecule has 0 saturated carbocycles. The van der Waals surface area contributed by atoms with Crippen LogP contribution < -0.4 is 0 Å². The molecule has 0 radical (unpaired) electrons. The highest BCUT2D eigenvalue weighted by atomic mass is 16.7. The highest BCUT2D eigenvalue weighted by molar-refractivity contribution is 5.94. The van der Waals surface area contributed by atoms with Crippen molar-refractivity contribution in [2.24, 2.45) is 0 Å². The van der Waals surface area contributed by atoms with Gasteiger partial charge in [-0.3, -0.25) is 9.59 Å². The standard InChI is InChI=1S/C13H18O4/c1-3-4-5-6-7-12-11(15)8-9-13(17-12)16-10(2)14/h3-4,8-9,12-13H,5-7H2,1-2H3/b4-3+/t12-,13?/m0/s1. The van der Waals surface area contributed by atoms with Gasteiger partial charge in [0.05, 0.1) is 0 Å². The van der Waals surface area contributed by atoms with Crippen molar-refractivity contribution in [3.8, 4) is 0 Å². The number of unbranched alkanes of at least 4 members (excludes halogenated alkanes) is 1. The van der Waals surface area contributed by atoms with Crippen molar-refractivity contribution in [1.29, 1.82) is 0 Å². The smallest absolute Gasteiger partial charge is 0.305 e. The average Bonchev–Trinajstić information content (AvgIpc) is 2.28. The van der Waals surface area contributed by atoms with E-state index in [1.807, 2.05) is 19.1 Å². The first kappa shape index (κ1) is 13.6. The molecule has 17 heavy (non-hydrogen) atoms. The van der Waals surface area contributed by atoms with Gasteiger partial charge >= 0.3 is 5.97 Å². The van der Waals surface area contributed by atoms with Crippen LogP contribution in [0.2, 0.25) is 0 Å². The molecule has 0 aromatic rings. The normalized spacial score (nSPS) is 24.2. The van der Waals surface area contributed by atoms with Crippen molar-refractivity contribution < 1.29 is 19.1 Å². The Bertz CT molecular complexity index is 330. The molecular weight excluding hydrogens is 220 g/mol. The minimum absolute atomic E-state index is 0.0612. The van der Waals surface area contributed by atoms with Gasteiger partial charge in [-0.05, 0) is 38.3 Å². The summed E-state index contributed by atoms with van der Waals surface area (Å²) >= 11 is 0. The number of esters is 1. The summed E-state index contributed by atoms with van der Waals surface area (Å²) < 4.78 is 10.3. The van der Waals surface area contributed by atoms with E-state index in [0.717, 1.165) is 12.8 Å². The Morgan fingerprint density at radius 2 is 2.35 bits per heavy atom. The van der Waals surface area contributed by atoms with Crippen LogP contribution in [0, 0.1) is 0 Å². The summed E-state index contributed by atoms with van der Waals surface area (Å²) in [7, 11) is 0. The molecule has 0 aromatic carbocycles. The molecule has 0 spiro atoms. The number of rotatable bonds is 5. The van der Waals surface area contributed by atoms with E-state index in [2.05, 4.69) is 0 Å². The first-order valence-corrected chi connectivity index (χ1v) is 5.79. The molecule has 0 saturated heterocycles. The minimum Gasteiger partial charge on any atom is -0.432 e. The first-order chi connectivity index (χ1) is 8.13. The van der Waals surface area contributed by atoms with Gasteiger partial charge in [0.15, 0.2) is 5.78 Å². The van der Waals surface area contributed by atoms with Crippen molar-refractivity contribution in [3.05, 3.63) is 24.3 Å². The topological polar surface area (TPSA) is 52.6 Å². The van der Waals surface area contributed by atoms with Crippen molar-refractivity contribution in [2.45, 2.75) is 45.5 Å². The molecule has 0 bridgehead atoms. The third-order valence-electron chi connectivity index (χ3n) is 2.39. The minimum atomic E-state index is -0.725. The molecule has 1 rings (SSSR count). The van der Waals surface area contributed by atoms with Crippen molar-refractivity contribution >= 4 is 11.8 Å². The average molecular weight is 238 g/mol. The molecule has 1 aliphatic rings. The predicted octanol–water partition coefficient (Wildman–Crippen LogP) is 2.15. The zero-order chi connectivity index (χ0) is 12.7. The van der Waals surface area contributed by atoms with E-state index in [1.54, 1.807) is 0 Å². The number of carbonyl (C=O) groups excluding carboxylic acids is 2. The number of hydrogen-bond donors (Lipinski definition) is 0. The maximum atomic E-state index is 11.5. The van der Waals surface area contributed by atoms with Crippen molar-refractivity contribution in [1.82, 2.24) is 0 Å². The van der Waals surface area contributed by atoms with Crippen molar-refractivity contribution in [2.75, 3.05) is 0 Å². The van der Waals surface area contributed by atoms with Gasteiger partial charge in [-0.15, -0.1) is 0 Å². The van der Waals surface area contributed by atoms with Crippen LogP contribution in [0.4, 0.5) is 0 Å². The molecule has 0 aliphatic carbocycles. The third kappa shape index (κ3) is 4.95. The van der Waals surface area contributed by atoms with E-state index in [9.17, 15) is 9.59 Å². The lowest BCUT2D eigenvalue weighted by atomic mass is 10.1. The van der Waals surface area contributed by atoms with E-state index < -0.39 is 18.4 Å². The lowest BCUT2D eigenvalue weighted by Gasteiger charge is -2.24. The van der Waals surface area contributed by atoms with Crippen LogP contribution in [0.1, 0.15) is 33.1 Å². The monoisotopic (exact) mass is 238 g/mol. The van der Waals surface area contributed by atoms with Crippen LogP contribution in [-0.4, -0.2) is 24.1 Å². The van der Waals surface area contributed by atoms with E-state index in [-0.39, 0.29) is 5.78 Å². The highest BCUT2D eigenvalue weighted by Gasteiger charge is 2.25. The molecular formula is C13H18O4. The van der Waals surface area contributed by atoms with Crippen LogP contribution in [0.15, 0.2) is 24.3 Å². The number of ketones is 1. The lowest BCUT2D eigenvalue weighted by molar-refractivity contribution is -0.180. The molecule has 0 N–H and O–H groups in total. The molecule has 1 unspecified atom stereocenters. The molecule has 4 heteroatoms. The molecule has 1 aliphatic heterocycles. The van der Waals surface area contributed by atoms with Gasteiger partial charge in [-0.1, -0.05) is 12.2 Å². The lowest BCUT2D eigenvalue weighted by Crippen LogP contribution is -2.33. The zero-order valence-electron chi connectivity index (χ0n) is 10.2. The fourth-order valence-electron chi connectivity index (χ4n) is 1.58. The Morgan fingerprint density at radius 1 is 1.59 bits per heavy atom. The van der Waals surface area contributed by atoms with Gasteiger partial charge in [-0.2, -0.15) is 0 Å². The summed E-state index contributed by atoms with van der Waals surface area (Å²) in [4.78, 5) is 22.3. The first-order valence-electron chi connectivity index (χ1n) is 5.79. The van der Waals surface area contributed by atoms with Crippen LogP contribution in [0.25, 0.3) is 0 Å². The van der Waals surface area contributed by atoms with E-state index in [0.29, 0.717) is 6.42 Å². The number of ether oxygens (including phenoxy) is 2. The van der Waals surface area contributed by atoms with Gasteiger partial charge in [-0.25, -0.2) is 0 Å². The number of carbonyl (C=O) groups is 2. The summed E-state index contributed by atoms with van der Waals surface area (Å²) in [5.74, 6) is -0.476. The zero-order valence-corrected chi connectivity index (χ0v) is 10.2. The Hall–Kier alpha value is -1.42. The second-order valence-electron chi connectivity index (χ2n) is 3.86. The van der Waals surface area contributed by atoms with Crippen LogP contribution in [-0.2, 0) is 19.1 Å². The Kier molecular flexibility index (Phi) is 5.63. The molecule has 2 atom stereocenters. The maximum Gasteiger partial charge on any atom is 0.305 e.